The summed E-state index contributed by atoms with van der Waals surface area (Å²) in [6.45, 7) is 0.993. The third kappa shape index (κ3) is 5.09. The lowest BCUT2D eigenvalue weighted by molar-refractivity contribution is -0.137. The average Bonchev–Trinajstić information content (AvgIpc) is 3.26. The van der Waals surface area contributed by atoms with Gasteiger partial charge in [0.15, 0.2) is 0 Å². The van der Waals surface area contributed by atoms with Gasteiger partial charge in [-0.2, -0.15) is 5.26 Å². The molecule has 0 spiro atoms. The molecule has 0 bridgehead atoms. The number of likely N-dealkylation sites (tertiary alicyclic amines) is 1. The highest BCUT2D eigenvalue weighted by atomic mass is 19.1. The van der Waals surface area contributed by atoms with E-state index >= 15 is 0 Å². The van der Waals surface area contributed by atoms with Crippen LogP contribution in [-0.4, -0.2) is 52.7 Å². The molecule has 1 atom stereocenters. The minimum Gasteiger partial charge on any atom is -0.497 e. The van der Waals surface area contributed by atoms with E-state index in [0.29, 0.717) is 46.9 Å². The fourth-order valence-electron chi connectivity index (χ4n) is 4.58. The molecule has 4 rings (SSSR count). The van der Waals surface area contributed by atoms with Crippen molar-refractivity contribution in [2.24, 2.45) is 5.73 Å². The van der Waals surface area contributed by atoms with Crippen molar-refractivity contribution in [3.8, 4) is 34.2 Å². The van der Waals surface area contributed by atoms with Gasteiger partial charge in [-0.15, -0.1) is 0 Å². The van der Waals surface area contributed by atoms with E-state index < -0.39 is 11.8 Å². The number of amides is 1. The van der Waals surface area contributed by atoms with E-state index in [1.54, 1.807) is 53.0 Å². The molecule has 1 amide bonds. The molecule has 2 heterocycles. The minimum atomic E-state index is -1.01. The van der Waals surface area contributed by atoms with E-state index in [-0.39, 0.29) is 30.5 Å². The van der Waals surface area contributed by atoms with Crippen molar-refractivity contribution in [2.75, 3.05) is 20.2 Å². The summed E-state index contributed by atoms with van der Waals surface area (Å²) < 4.78 is 21.6. The second-order valence-corrected chi connectivity index (χ2v) is 8.78. The van der Waals surface area contributed by atoms with Crippen LogP contribution in [0.4, 0.5) is 4.39 Å². The van der Waals surface area contributed by atoms with Gasteiger partial charge >= 0.3 is 5.97 Å². The summed E-state index contributed by atoms with van der Waals surface area (Å²) in [5.41, 5.74) is 8.62. The highest BCUT2D eigenvalue weighted by Gasteiger charge is 2.28. The van der Waals surface area contributed by atoms with Crippen molar-refractivity contribution in [1.29, 1.82) is 5.26 Å². The number of carbonyl (C=O) groups excluding carboxylic acids is 1. The van der Waals surface area contributed by atoms with Crippen LogP contribution >= 0.6 is 0 Å². The zero-order chi connectivity index (χ0) is 25.8. The SMILES string of the molecule is COc1ccc(-c2c(-c3ccc(C#N)c(F)c3)cc(C(=O)N3CCCC(N)C3)n2CCC(=O)O)cc1. The van der Waals surface area contributed by atoms with E-state index in [2.05, 4.69) is 0 Å². The third-order valence-corrected chi connectivity index (χ3v) is 6.37. The number of rotatable bonds is 7. The van der Waals surface area contributed by atoms with Crippen LogP contribution in [-0.2, 0) is 11.3 Å². The third-order valence-electron chi connectivity index (χ3n) is 6.37. The number of carbonyl (C=O) groups is 2. The van der Waals surface area contributed by atoms with Crippen LogP contribution in [0.2, 0.25) is 0 Å². The number of nitrogens with zero attached hydrogens (tertiary/aromatic N) is 3. The molecule has 186 valence electrons. The van der Waals surface area contributed by atoms with E-state index in [1.165, 1.54) is 12.1 Å². The van der Waals surface area contributed by atoms with Gasteiger partial charge in [-0.3, -0.25) is 9.59 Å². The summed E-state index contributed by atoms with van der Waals surface area (Å²) in [7, 11) is 1.55. The van der Waals surface area contributed by atoms with Crippen LogP contribution in [0.5, 0.6) is 5.75 Å². The number of halogens is 1. The molecular formula is C27H27FN4O4. The molecule has 0 aliphatic carbocycles. The Kier molecular flexibility index (Phi) is 7.36. The highest BCUT2D eigenvalue weighted by molar-refractivity contribution is 5.98. The Balaban J connectivity index is 1.93. The number of piperidine rings is 1. The zero-order valence-corrected chi connectivity index (χ0v) is 19.9. The second-order valence-electron chi connectivity index (χ2n) is 8.78. The van der Waals surface area contributed by atoms with Gasteiger partial charge in [-0.25, -0.2) is 4.39 Å². The maximum Gasteiger partial charge on any atom is 0.305 e. The molecule has 2 aromatic carbocycles. The molecule has 8 nitrogen and oxygen atoms in total. The lowest BCUT2D eigenvalue weighted by atomic mass is 9.99. The number of aliphatic carboxylic acids is 1. The number of hydrogen-bond donors (Lipinski definition) is 2. The first-order valence-corrected chi connectivity index (χ1v) is 11.7. The van der Waals surface area contributed by atoms with Crippen molar-refractivity contribution in [2.45, 2.75) is 31.8 Å². The molecule has 1 saturated heterocycles. The van der Waals surface area contributed by atoms with Crippen molar-refractivity contribution >= 4 is 11.9 Å². The quantitative estimate of drug-likeness (QED) is 0.518. The first kappa shape index (κ1) is 24.9. The number of carboxylic acids is 1. The van der Waals surface area contributed by atoms with Gasteiger partial charge in [0.2, 0.25) is 0 Å². The van der Waals surface area contributed by atoms with Crippen molar-refractivity contribution in [3.63, 3.8) is 0 Å². The minimum absolute atomic E-state index is 0.0381. The van der Waals surface area contributed by atoms with Gasteiger partial charge in [-0.1, -0.05) is 6.07 Å². The standard InChI is InChI=1S/C27H27FN4O4/c1-36-21-8-6-17(7-9-21)26-22(18-4-5-19(15-29)23(28)13-18)14-24(32(26)12-10-25(33)34)27(35)31-11-2-3-20(30)16-31/h4-9,13-14,20H,2-3,10-12,16,30H2,1H3,(H,33,34). The van der Waals surface area contributed by atoms with Crippen molar-refractivity contribution in [3.05, 3.63) is 65.6 Å². The molecule has 0 radical (unpaired) electrons. The summed E-state index contributed by atoms with van der Waals surface area (Å²) in [5.74, 6) is -1.31. The first-order valence-electron chi connectivity index (χ1n) is 11.7. The van der Waals surface area contributed by atoms with E-state index in [0.717, 1.165) is 12.8 Å². The van der Waals surface area contributed by atoms with E-state index in [1.807, 2.05) is 6.07 Å². The van der Waals surface area contributed by atoms with Gasteiger partial charge in [0.1, 0.15) is 23.3 Å². The molecule has 0 saturated carbocycles. The summed E-state index contributed by atoms with van der Waals surface area (Å²) >= 11 is 0. The molecule has 1 fully saturated rings. The summed E-state index contributed by atoms with van der Waals surface area (Å²) in [6, 6.07) is 14.8. The number of nitriles is 1. The van der Waals surface area contributed by atoms with Gasteiger partial charge in [0.25, 0.3) is 5.91 Å². The Hall–Kier alpha value is -4.16. The number of benzene rings is 2. The highest BCUT2D eigenvalue weighted by Crippen LogP contribution is 2.37. The molecule has 36 heavy (non-hydrogen) atoms. The smallest absolute Gasteiger partial charge is 0.305 e. The molecule has 1 aliphatic heterocycles. The molecule has 3 aromatic rings. The lowest BCUT2D eigenvalue weighted by Crippen LogP contribution is -2.46. The Morgan fingerprint density at radius 3 is 2.53 bits per heavy atom. The number of nitrogens with two attached hydrogens (primary N) is 1. The molecule has 9 heteroatoms. The van der Waals surface area contributed by atoms with Crippen LogP contribution in [0.15, 0.2) is 48.5 Å². The second kappa shape index (κ2) is 10.6. The summed E-state index contributed by atoms with van der Waals surface area (Å²) in [4.78, 5) is 26.9. The Morgan fingerprint density at radius 1 is 1.19 bits per heavy atom. The predicted molar refractivity (Wildman–Crippen MR) is 132 cm³/mol. The Bertz CT molecular complexity index is 1330. The average molecular weight is 491 g/mol. The van der Waals surface area contributed by atoms with Crippen LogP contribution in [0.1, 0.15) is 35.3 Å². The Labute approximate surface area is 208 Å². The van der Waals surface area contributed by atoms with Crippen LogP contribution in [0, 0.1) is 17.1 Å². The fraction of sp³-hybridized carbons (Fsp3) is 0.296. The first-order chi connectivity index (χ1) is 17.3. The monoisotopic (exact) mass is 490 g/mol. The number of aromatic nitrogens is 1. The lowest BCUT2D eigenvalue weighted by Gasteiger charge is -2.31. The number of methoxy groups -OCH3 is 1. The molecule has 3 N–H and O–H groups in total. The van der Waals surface area contributed by atoms with Crippen molar-refractivity contribution in [1.82, 2.24) is 9.47 Å². The van der Waals surface area contributed by atoms with Gasteiger partial charge < -0.3 is 25.0 Å². The van der Waals surface area contributed by atoms with Gasteiger partial charge in [-0.05, 0) is 66.4 Å². The van der Waals surface area contributed by atoms with Gasteiger partial charge in [0, 0.05) is 31.2 Å². The fourth-order valence-corrected chi connectivity index (χ4v) is 4.58. The van der Waals surface area contributed by atoms with E-state index in [9.17, 15) is 19.1 Å². The van der Waals surface area contributed by atoms with Crippen LogP contribution in [0.3, 0.4) is 0 Å². The summed E-state index contributed by atoms with van der Waals surface area (Å²) in [6.07, 6.45) is 1.40. The number of carboxylic acid groups (broad SMARTS) is 1. The van der Waals surface area contributed by atoms with E-state index in [4.69, 9.17) is 15.7 Å². The zero-order valence-electron chi connectivity index (χ0n) is 19.9. The maximum absolute atomic E-state index is 14.6. The van der Waals surface area contributed by atoms with Gasteiger partial charge in [0.05, 0.1) is 24.8 Å². The van der Waals surface area contributed by atoms with Crippen LogP contribution in [0.25, 0.3) is 22.4 Å². The molecule has 1 aliphatic rings. The molecule has 1 unspecified atom stereocenters. The van der Waals surface area contributed by atoms with Crippen LogP contribution < -0.4 is 10.5 Å². The number of ether oxygens (including phenoxy) is 1. The Morgan fingerprint density at radius 2 is 1.92 bits per heavy atom. The normalized spacial score (nSPS) is 15.4. The largest absolute Gasteiger partial charge is 0.497 e. The number of hydrogen-bond acceptors (Lipinski definition) is 5. The molecule has 1 aromatic heterocycles. The maximum atomic E-state index is 14.6. The summed E-state index contributed by atoms with van der Waals surface area (Å²) in [5, 5.41) is 18.6. The predicted octanol–water partition coefficient (Wildman–Crippen LogP) is 3.88. The van der Waals surface area contributed by atoms with Crippen molar-refractivity contribution < 1.29 is 23.8 Å². The topological polar surface area (TPSA) is 122 Å². The molecular weight excluding hydrogens is 463 g/mol.